The summed E-state index contributed by atoms with van der Waals surface area (Å²) < 4.78 is 0. The highest BCUT2D eigenvalue weighted by molar-refractivity contribution is 7.99. The first-order valence-electron chi connectivity index (χ1n) is 13.2. The highest BCUT2D eigenvalue weighted by atomic mass is 32.2. The van der Waals surface area contributed by atoms with Gasteiger partial charge < -0.3 is 10.2 Å². The molecular formula is C31H35N3O2S. The SMILES string of the molecule is CCN(Cc1cc(C(=O)Nc2ccc3c(c2)N(C)C(=O)CC3)ccc1-c1ccccc1)C1CCSCC1. The lowest BCUT2D eigenvalue weighted by atomic mass is 9.96. The summed E-state index contributed by atoms with van der Waals surface area (Å²) in [5.41, 5.74) is 6.88. The molecule has 0 radical (unpaired) electrons. The molecule has 0 aliphatic carbocycles. The number of hydrogen-bond acceptors (Lipinski definition) is 4. The summed E-state index contributed by atoms with van der Waals surface area (Å²) in [4.78, 5) is 29.8. The number of thioether (sulfide) groups is 1. The smallest absolute Gasteiger partial charge is 0.255 e. The van der Waals surface area contributed by atoms with Crippen molar-refractivity contribution in [2.75, 3.05) is 35.3 Å². The average molecular weight is 514 g/mol. The molecule has 2 aliphatic rings. The molecule has 6 heteroatoms. The zero-order valence-electron chi connectivity index (χ0n) is 21.7. The van der Waals surface area contributed by atoms with E-state index in [0.717, 1.165) is 30.8 Å². The molecule has 2 amide bonds. The number of fused-ring (bicyclic) bond motifs is 1. The molecule has 37 heavy (non-hydrogen) atoms. The van der Waals surface area contributed by atoms with Crippen molar-refractivity contribution >= 4 is 35.0 Å². The summed E-state index contributed by atoms with van der Waals surface area (Å²) in [6.07, 6.45) is 3.70. The molecule has 1 N–H and O–H groups in total. The van der Waals surface area contributed by atoms with Gasteiger partial charge in [0.1, 0.15) is 0 Å². The average Bonchev–Trinajstić information content (AvgIpc) is 2.94. The van der Waals surface area contributed by atoms with E-state index >= 15 is 0 Å². The molecule has 192 valence electrons. The van der Waals surface area contributed by atoms with E-state index in [-0.39, 0.29) is 11.8 Å². The Balaban J connectivity index is 1.42. The van der Waals surface area contributed by atoms with Crippen LogP contribution < -0.4 is 10.2 Å². The lowest BCUT2D eigenvalue weighted by molar-refractivity contribution is -0.118. The monoisotopic (exact) mass is 513 g/mol. The number of hydrogen-bond donors (Lipinski definition) is 1. The number of benzene rings is 3. The van der Waals surface area contributed by atoms with Crippen LogP contribution in [0.15, 0.2) is 66.7 Å². The van der Waals surface area contributed by atoms with Gasteiger partial charge in [-0.3, -0.25) is 14.5 Å². The molecule has 2 aliphatic heterocycles. The van der Waals surface area contributed by atoms with Crippen LogP contribution in [0.2, 0.25) is 0 Å². The maximum Gasteiger partial charge on any atom is 0.255 e. The molecule has 0 unspecified atom stereocenters. The minimum atomic E-state index is -0.136. The van der Waals surface area contributed by atoms with E-state index in [2.05, 4.69) is 53.5 Å². The number of carbonyl (C=O) groups excluding carboxylic acids is 2. The molecule has 3 aromatic carbocycles. The number of anilines is 2. The van der Waals surface area contributed by atoms with Crippen LogP contribution in [0.25, 0.3) is 11.1 Å². The predicted octanol–water partition coefficient (Wildman–Crippen LogP) is 6.23. The van der Waals surface area contributed by atoms with E-state index in [9.17, 15) is 9.59 Å². The van der Waals surface area contributed by atoms with Crippen LogP contribution in [0.1, 0.15) is 47.7 Å². The molecule has 0 bridgehead atoms. The molecule has 5 nitrogen and oxygen atoms in total. The quantitative estimate of drug-likeness (QED) is 0.407. The van der Waals surface area contributed by atoms with Crippen LogP contribution in [0.4, 0.5) is 11.4 Å². The Bertz CT molecular complexity index is 1270. The molecular weight excluding hydrogens is 478 g/mol. The molecule has 0 atom stereocenters. The number of nitrogens with one attached hydrogen (secondary N) is 1. The number of amides is 2. The van der Waals surface area contributed by atoms with Gasteiger partial charge in [0.15, 0.2) is 0 Å². The van der Waals surface area contributed by atoms with Gasteiger partial charge in [-0.05, 0) is 83.8 Å². The Hall–Kier alpha value is -3.09. The Labute approximate surface area is 224 Å². The summed E-state index contributed by atoms with van der Waals surface area (Å²) in [7, 11) is 1.80. The van der Waals surface area contributed by atoms with E-state index in [0.29, 0.717) is 23.7 Å². The zero-order chi connectivity index (χ0) is 25.8. The summed E-state index contributed by atoms with van der Waals surface area (Å²) in [5.74, 6) is 2.41. The summed E-state index contributed by atoms with van der Waals surface area (Å²) in [5, 5.41) is 3.07. The van der Waals surface area contributed by atoms with Crippen LogP contribution in [0, 0.1) is 0 Å². The van der Waals surface area contributed by atoms with Crippen LogP contribution in [0.3, 0.4) is 0 Å². The molecule has 3 aromatic rings. The Morgan fingerprint density at radius 1 is 1.03 bits per heavy atom. The fourth-order valence-corrected chi connectivity index (χ4v) is 6.53. The molecule has 1 saturated heterocycles. The van der Waals surface area contributed by atoms with Crippen LogP contribution >= 0.6 is 11.8 Å². The minimum Gasteiger partial charge on any atom is -0.322 e. The van der Waals surface area contributed by atoms with E-state index < -0.39 is 0 Å². The van der Waals surface area contributed by atoms with Gasteiger partial charge in [-0.2, -0.15) is 11.8 Å². The molecule has 2 heterocycles. The third-order valence-electron chi connectivity index (χ3n) is 7.63. The predicted molar refractivity (Wildman–Crippen MR) is 154 cm³/mol. The number of aryl methyl sites for hydroxylation is 1. The summed E-state index contributed by atoms with van der Waals surface area (Å²) in [6.45, 7) is 4.04. The van der Waals surface area contributed by atoms with Gasteiger partial charge >= 0.3 is 0 Å². The Morgan fingerprint density at radius 3 is 2.57 bits per heavy atom. The first kappa shape index (κ1) is 25.6. The fraction of sp³-hybridized carbons (Fsp3) is 0.355. The van der Waals surface area contributed by atoms with Crippen molar-refractivity contribution in [3.8, 4) is 11.1 Å². The van der Waals surface area contributed by atoms with E-state index in [1.165, 1.54) is 41.0 Å². The van der Waals surface area contributed by atoms with Gasteiger partial charge in [0.25, 0.3) is 5.91 Å². The van der Waals surface area contributed by atoms with E-state index in [4.69, 9.17) is 0 Å². The second kappa shape index (κ2) is 11.5. The highest BCUT2D eigenvalue weighted by Crippen LogP contribution is 2.31. The van der Waals surface area contributed by atoms with Gasteiger partial charge in [-0.15, -0.1) is 0 Å². The molecule has 0 saturated carbocycles. The van der Waals surface area contributed by atoms with Crippen molar-refractivity contribution in [1.29, 1.82) is 0 Å². The highest BCUT2D eigenvalue weighted by Gasteiger charge is 2.23. The summed E-state index contributed by atoms with van der Waals surface area (Å²) in [6, 6.07) is 22.9. The maximum absolute atomic E-state index is 13.4. The van der Waals surface area contributed by atoms with Crippen LogP contribution in [-0.4, -0.2) is 47.9 Å². The molecule has 0 spiro atoms. The van der Waals surface area contributed by atoms with Crippen molar-refractivity contribution in [3.05, 3.63) is 83.4 Å². The second-order valence-electron chi connectivity index (χ2n) is 9.89. The van der Waals surface area contributed by atoms with Crippen LogP contribution in [-0.2, 0) is 17.8 Å². The van der Waals surface area contributed by atoms with Crippen molar-refractivity contribution in [3.63, 3.8) is 0 Å². The third-order valence-corrected chi connectivity index (χ3v) is 8.67. The zero-order valence-corrected chi connectivity index (χ0v) is 22.5. The molecule has 0 aromatic heterocycles. The standard InChI is InChI=1S/C31H35N3O2S/c1-3-34(27-15-17-37-18-16-27)21-25-19-24(10-13-28(25)22-7-5-4-6-8-22)31(36)32-26-12-9-23-11-14-30(35)33(2)29(23)20-26/h4-10,12-13,19-20,27H,3,11,14-18,21H2,1-2H3,(H,32,36). The van der Waals surface area contributed by atoms with Gasteiger partial charge in [0, 0.05) is 43.0 Å². The molecule has 1 fully saturated rings. The first-order valence-corrected chi connectivity index (χ1v) is 14.4. The second-order valence-corrected chi connectivity index (χ2v) is 11.1. The van der Waals surface area contributed by atoms with Crippen molar-refractivity contribution in [1.82, 2.24) is 4.90 Å². The largest absolute Gasteiger partial charge is 0.322 e. The Morgan fingerprint density at radius 2 is 1.81 bits per heavy atom. The van der Waals surface area contributed by atoms with Gasteiger partial charge in [-0.25, -0.2) is 0 Å². The van der Waals surface area contributed by atoms with Crippen molar-refractivity contribution < 1.29 is 9.59 Å². The van der Waals surface area contributed by atoms with Gasteiger partial charge in [0.05, 0.1) is 0 Å². The van der Waals surface area contributed by atoms with Crippen molar-refractivity contribution in [2.24, 2.45) is 0 Å². The van der Waals surface area contributed by atoms with Gasteiger partial charge in [0.2, 0.25) is 5.91 Å². The third kappa shape index (κ3) is 5.76. The normalized spacial score (nSPS) is 16.1. The number of rotatable bonds is 7. The first-order chi connectivity index (χ1) is 18.0. The Kier molecular flexibility index (Phi) is 7.96. The molecule has 5 rings (SSSR count). The topological polar surface area (TPSA) is 52.7 Å². The van der Waals surface area contributed by atoms with Gasteiger partial charge in [-0.1, -0.05) is 49.4 Å². The van der Waals surface area contributed by atoms with Crippen LogP contribution in [0.5, 0.6) is 0 Å². The van der Waals surface area contributed by atoms with E-state index in [1.54, 1.807) is 11.9 Å². The minimum absolute atomic E-state index is 0.106. The lowest BCUT2D eigenvalue weighted by Gasteiger charge is -2.34. The lowest BCUT2D eigenvalue weighted by Crippen LogP contribution is -2.37. The number of carbonyl (C=O) groups is 2. The number of nitrogens with zero attached hydrogens (tertiary/aromatic N) is 2. The maximum atomic E-state index is 13.4. The van der Waals surface area contributed by atoms with E-state index in [1.807, 2.05) is 42.1 Å². The fourth-order valence-electron chi connectivity index (χ4n) is 5.45. The van der Waals surface area contributed by atoms with Crippen molar-refractivity contribution in [2.45, 2.75) is 45.2 Å². The summed E-state index contributed by atoms with van der Waals surface area (Å²) >= 11 is 2.05.